The summed E-state index contributed by atoms with van der Waals surface area (Å²) >= 11 is 0. The van der Waals surface area contributed by atoms with E-state index in [2.05, 4.69) is 29.6 Å². The van der Waals surface area contributed by atoms with Gasteiger partial charge in [-0.05, 0) is 46.5 Å². The van der Waals surface area contributed by atoms with Crippen LogP contribution in [0.2, 0.25) is 0 Å². The van der Waals surface area contributed by atoms with Gasteiger partial charge in [0.25, 0.3) is 5.91 Å². The minimum atomic E-state index is -1.01. The van der Waals surface area contributed by atoms with Gasteiger partial charge in [-0.1, -0.05) is 62.4 Å². The SMILES string of the molecule is CC1(C)CN(C(=O)c2ccc(NC(=O)OCC3c4ccccc4-c4ccccc43)cc2)C1C(=O)O. The summed E-state index contributed by atoms with van der Waals surface area (Å²) in [4.78, 5) is 38.2. The number of carboxylic acid groups (broad SMARTS) is 1. The number of nitrogens with zero attached hydrogens (tertiary/aromatic N) is 1. The summed E-state index contributed by atoms with van der Waals surface area (Å²) < 4.78 is 5.56. The molecule has 7 heteroatoms. The van der Waals surface area contributed by atoms with Crippen LogP contribution < -0.4 is 5.32 Å². The quantitative estimate of drug-likeness (QED) is 0.548. The molecule has 2 amide bonds. The van der Waals surface area contributed by atoms with Crippen LogP contribution in [-0.2, 0) is 9.53 Å². The molecule has 1 saturated heterocycles. The van der Waals surface area contributed by atoms with Gasteiger partial charge in [-0.2, -0.15) is 0 Å². The van der Waals surface area contributed by atoms with Gasteiger partial charge < -0.3 is 14.7 Å². The van der Waals surface area contributed by atoms with Crippen LogP contribution in [0.25, 0.3) is 11.1 Å². The first-order chi connectivity index (χ1) is 16.8. The second-order valence-electron chi connectivity index (χ2n) is 9.69. The van der Waals surface area contributed by atoms with Crippen LogP contribution in [0.3, 0.4) is 0 Å². The predicted molar refractivity (Wildman–Crippen MR) is 131 cm³/mol. The number of ether oxygens (including phenoxy) is 1. The highest BCUT2D eigenvalue weighted by molar-refractivity contribution is 5.98. The zero-order valence-corrected chi connectivity index (χ0v) is 19.5. The molecule has 0 aromatic heterocycles. The van der Waals surface area contributed by atoms with Gasteiger partial charge in [-0.3, -0.25) is 10.1 Å². The van der Waals surface area contributed by atoms with Gasteiger partial charge in [0.2, 0.25) is 0 Å². The van der Waals surface area contributed by atoms with Gasteiger partial charge in [-0.15, -0.1) is 0 Å². The molecule has 1 unspecified atom stereocenters. The zero-order chi connectivity index (χ0) is 24.7. The molecule has 35 heavy (non-hydrogen) atoms. The molecule has 2 N–H and O–H groups in total. The fourth-order valence-corrected chi connectivity index (χ4v) is 5.20. The van der Waals surface area contributed by atoms with Crippen molar-refractivity contribution in [2.75, 3.05) is 18.5 Å². The summed E-state index contributed by atoms with van der Waals surface area (Å²) in [5.41, 5.74) is 4.98. The van der Waals surface area contributed by atoms with Crippen molar-refractivity contribution in [3.63, 3.8) is 0 Å². The van der Waals surface area contributed by atoms with Gasteiger partial charge in [0.05, 0.1) is 0 Å². The number of fused-ring (bicyclic) bond motifs is 3. The Morgan fingerprint density at radius 3 is 2.06 bits per heavy atom. The number of amides is 2. The Kier molecular flexibility index (Phi) is 5.55. The molecular formula is C28H26N2O5. The molecule has 178 valence electrons. The van der Waals surface area contributed by atoms with E-state index >= 15 is 0 Å². The number of rotatable bonds is 5. The van der Waals surface area contributed by atoms with E-state index in [1.807, 2.05) is 38.1 Å². The van der Waals surface area contributed by atoms with Crippen molar-refractivity contribution in [1.82, 2.24) is 4.90 Å². The molecule has 0 bridgehead atoms. The molecule has 0 saturated carbocycles. The van der Waals surface area contributed by atoms with Gasteiger partial charge >= 0.3 is 12.1 Å². The van der Waals surface area contributed by atoms with Crippen molar-refractivity contribution in [1.29, 1.82) is 0 Å². The smallest absolute Gasteiger partial charge is 0.411 e. The average molecular weight is 471 g/mol. The summed E-state index contributed by atoms with van der Waals surface area (Å²) in [6, 6.07) is 21.8. The number of hydrogen-bond donors (Lipinski definition) is 2. The third kappa shape index (κ3) is 4.03. The van der Waals surface area contributed by atoms with E-state index < -0.39 is 23.5 Å². The second-order valence-corrected chi connectivity index (χ2v) is 9.69. The van der Waals surface area contributed by atoms with Crippen LogP contribution >= 0.6 is 0 Å². The lowest BCUT2D eigenvalue weighted by Gasteiger charge is -2.51. The first-order valence-electron chi connectivity index (χ1n) is 11.5. The average Bonchev–Trinajstić information content (AvgIpc) is 3.15. The highest BCUT2D eigenvalue weighted by Gasteiger charge is 2.52. The van der Waals surface area contributed by atoms with Gasteiger partial charge in [-0.25, -0.2) is 9.59 Å². The van der Waals surface area contributed by atoms with E-state index in [1.165, 1.54) is 4.90 Å². The summed E-state index contributed by atoms with van der Waals surface area (Å²) in [5, 5.41) is 12.2. The van der Waals surface area contributed by atoms with Crippen molar-refractivity contribution in [3.05, 3.63) is 89.5 Å². The minimum absolute atomic E-state index is 0.0314. The molecule has 1 fully saturated rings. The summed E-state index contributed by atoms with van der Waals surface area (Å²) in [5.74, 6) is -1.39. The molecule has 0 radical (unpaired) electrons. The first kappa shape index (κ1) is 22.7. The molecule has 3 aromatic carbocycles. The van der Waals surface area contributed by atoms with E-state index in [1.54, 1.807) is 24.3 Å². The van der Waals surface area contributed by atoms with E-state index in [0.29, 0.717) is 17.8 Å². The number of carbonyl (C=O) groups is 3. The maximum atomic E-state index is 12.8. The Morgan fingerprint density at radius 2 is 1.51 bits per heavy atom. The second kappa shape index (κ2) is 8.58. The number of aliphatic carboxylic acids is 1. The molecule has 1 aliphatic carbocycles. The number of nitrogens with one attached hydrogen (secondary N) is 1. The number of anilines is 1. The molecule has 1 aliphatic heterocycles. The third-order valence-corrected chi connectivity index (χ3v) is 6.85. The van der Waals surface area contributed by atoms with Crippen molar-refractivity contribution in [2.45, 2.75) is 25.8 Å². The lowest BCUT2D eigenvalue weighted by atomic mass is 9.74. The Hall–Kier alpha value is -4.13. The maximum Gasteiger partial charge on any atom is 0.411 e. The molecule has 3 aromatic rings. The molecule has 7 nitrogen and oxygen atoms in total. The van der Waals surface area contributed by atoms with Crippen molar-refractivity contribution < 1.29 is 24.2 Å². The molecule has 0 spiro atoms. The highest BCUT2D eigenvalue weighted by atomic mass is 16.5. The largest absolute Gasteiger partial charge is 0.480 e. The number of likely N-dealkylation sites (tertiary alicyclic amines) is 1. The molecular weight excluding hydrogens is 444 g/mol. The van der Waals surface area contributed by atoms with E-state index in [0.717, 1.165) is 22.3 Å². The molecule has 1 atom stereocenters. The van der Waals surface area contributed by atoms with E-state index in [9.17, 15) is 19.5 Å². The molecule has 2 aliphatic rings. The normalized spacial score (nSPS) is 17.7. The maximum absolute atomic E-state index is 12.8. The van der Waals surface area contributed by atoms with Gasteiger partial charge in [0, 0.05) is 29.1 Å². The Balaban J connectivity index is 1.21. The third-order valence-electron chi connectivity index (χ3n) is 6.85. The highest BCUT2D eigenvalue weighted by Crippen LogP contribution is 2.44. The molecule has 1 heterocycles. The summed E-state index contributed by atoms with van der Waals surface area (Å²) in [7, 11) is 0. The predicted octanol–water partition coefficient (Wildman–Crippen LogP) is 4.98. The zero-order valence-electron chi connectivity index (χ0n) is 19.5. The Labute approximate surface area is 203 Å². The minimum Gasteiger partial charge on any atom is -0.480 e. The number of benzene rings is 3. The standard InChI is InChI=1S/C28H26N2O5/c1-28(2)16-30(24(28)26(32)33)25(31)17-11-13-18(14-12-17)29-27(34)35-15-23-21-9-5-3-7-19(21)20-8-4-6-10-22(20)23/h3-14,23-24H,15-16H2,1-2H3,(H,29,34)(H,32,33). The van der Waals surface area contributed by atoms with Crippen molar-refractivity contribution >= 4 is 23.7 Å². The topological polar surface area (TPSA) is 95.9 Å². The first-order valence-corrected chi connectivity index (χ1v) is 11.5. The van der Waals surface area contributed by atoms with Crippen LogP contribution in [-0.4, -0.2) is 47.2 Å². The summed E-state index contributed by atoms with van der Waals surface area (Å²) in [6.07, 6.45) is -0.582. The fourth-order valence-electron chi connectivity index (χ4n) is 5.20. The van der Waals surface area contributed by atoms with Crippen molar-refractivity contribution in [2.24, 2.45) is 5.41 Å². The molecule has 5 rings (SSSR count). The Morgan fingerprint density at radius 1 is 0.943 bits per heavy atom. The number of carboxylic acids is 1. The lowest BCUT2D eigenvalue weighted by molar-refractivity contribution is -0.156. The van der Waals surface area contributed by atoms with Gasteiger partial charge in [0.15, 0.2) is 0 Å². The lowest BCUT2D eigenvalue weighted by Crippen LogP contribution is -2.67. The van der Waals surface area contributed by atoms with Crippen LogP contribution in [0.15, 0.2) is 72.8 Å². The van der Waals surface area contributed by atoms with Crippen LogP contribution in [0.4, 0.5) is 10.5 Å². The van der Waals surface area contributed by atoms with Crippen LogP contribution in [0.5, 0.6) is 0 Å². The monoisotopic (exact) mass is 470 g/mol. The number of hydrogen-bond acceptors (Lipinski definition) is 4. The summed E-state index contributed by atoms with van der Waals surface area (Å²) in [6.45, 7) is 4.24. The van der Waals surface area contributed by atoms with Gasteiger partial charge in [0.1, 0.15) is 12.6 Å². The van der Waals surface area contributed by atoms with Crippen LogP contribution in [0, 0.1) is 5.41 Å². The van der Waals surface area contributed by atoms with Crippen molar-refractivity contribution in [3.8, 4) is 11.1 Å². The van der Waals surface area contributed by atoms with E-state index in [-0.39, 0.29) is 18.4 Å². The number of carbonyl (C=O) groups excluding carboxylic acids is 2. The van der Waals surface area contributed by atoms with Crippen LogP contribution in [0.1, 0.15) is 41.3 Å². The van der Waals surface area contributed by atoms with E-state index in [4.69, 9.17) is 4.74 Å². The Bertz CT molecular complexity index is 1270. The fraction of sp³-hybridized carbons (Fsp3) is 0.250.